The van der Waals surface area contributed by atoms with Gasteiger partial charge < -0.3 is 5.73 Å². The fraction of sp³-hybridized carbons (Fsp3) is 0.364. The van der Waals surface area contributed by atoms with Crippen LogP contribution in [0.25, 0.3) is 0 Å². The second-order valence-corrected chi connectivity index (χ2v) is 6.27. The van der Waals surface area contributed by atoms with Crippen molar-refractivity contribution in [3.8, 4) is 6.07 Å². The summed E-state index contributed by atoms with van der Waals surface area (Å²) in [5, 5.41) is 8.16. The van der Waals surface area contributed by atoms with Gasteiger partial charge in [-0.25, -0.2) is 8.42 Å². The largest absolute Gasteiger partial charge is 0.312 e. The van der Waals surface area contributed by atoms with Crippen molar-refractivity contribution in [3.63, 3.8) is 0 Å². The average molecular weight is 238 g/mol. The summed E-state index contributed by atoms with van der Waals surface area (Å²) in [6.45, 7) is 3.26. The Morgan fingerprint density at radius 1 is 1.25 bits per heavy atom. The third-order valence-corrected chi connectivity index (χ3v) is 4.50. The van der Waals surface area contributed by atoms with Gasteiger partial charge in [-0.15, -0.1) is 0 Å². The molecule has 1 atom stereocenters. The van der Waals surface area contributed by atoms with E-state index in [1.54, 1.807) is 26.0 Å². The molecule has 0 aromatic heterocycles. The number of nitrogens with two attached hydrogens (primary N) is 1. The molecule has 0 aliphatic rings. The molecule has 0 fully saturated rings. The molecule has 0 bridgehead atoms. The lowest BCUT2D eigenvalue weighted by Crippen LogP contribution is -2.14. The summed E-state index contributed by atoms with van der Waals surface area (Å²) in [5.41, 5.74) is 6.12. The van der Waals surface area contributed by atoms with E-state index in [1.165, 1.54) is 12.1 Å². The van der Waals surface area contributed by atoms with Crippen LogP contribution in [0.5, 0.6) is 0 Å². The zero-order valence-corrected chi connectivity index (χ0v) is 10.0. The van der Waals surface area contributed by atoms with Crippen LogP contribution >= 0.6 is 0 Å². The molecule has 1 aromatic carbocycles. The summed E-state index contributed by atoms with van der Waals surface area (Å²) >= 11 is 0. The standard InChI is InChI=1S/C11H14N2O2S/c1-8(2)16(14,15)10-5-3-9(4-6-10)11(13)7-12/h3-6,8,11H,13H2,1-2H3. The van der Waals surface area contributed by atoms with Crippen molar-refractivity contribution in [2.24, 2.45) is 5.73 Å². The van der Waals surface area contributed by atoms with Gasteiger partial charge in [0.2, 0.25) is 0 Å². The van der Waals surface area contributed by atoms with E-state index in [9.17, 15) is 8.42 Å². The number of hydrogen-bond acceptors (Lipinski definition) is 4. The monoisotopic (exact) mass is 238 g/mol. The first-order chi connectivity index (χ1) is 7.39. The highest BCUT2D eigenvalue weighted by atomic mass is 32.2. The predicted octanol–water partition coefficient (Wildman–Crippen LogP) is 1.39. The Labute approximate surface area is 95.6 Å². The second-order valence-electron chi connectivity index (χ2n) is 3.77. The lowest BCUT2D eigenvalue weighted by Gasteiger charge is -2.09. The number of sulfone groups is 1. The molecule has 1 unspecified atom stereocenters. The van der Waals surface area contributed by atoms with Crippen molar-refractivity contribution in [1.29, 1.82) is 5.26 Å². The molecule has 86 valence electrons. The summed E-state index contributed by atoms with van der Waals surface area (Å²) in [6, 6.07) is 7.30. The van der Waals surface area contributed by atoms with Gasteiger partial charge in [0.05, 0.1) is 16.2 Å². The van der Waals surface area contributed by atoms with Crippen LogP contribution in [0, 0.1) is 11.3 Å². The summed E-state index contributed by atoms with van der Waals surface area (Å²) in [5.74, 6) is 0. The fourth-order valence-corrected chi connectivity index (χ4v) is 2.27. The Morgan fingerprint density at radius 3 is 2.12 bits per heavy atom. The minimum atomic E-state index is -3.25. The number of rotatable bonds is 3. The van der Waals surface area contributed by atoms with Gasteiger partial charge in [0, 0.05) is 0 Å². The highest BCUT2D eigenvalue weighted by molar-refractivity contribution is 7.92. The quantitative estimate of drug-likeness (QED) is 0.862. The van der Waals surface area contributed by atoms with E-state index in [2.05, 4.69) is 0 Å². The van der Waals surface area contributed by atoms with Crippen LogP contribution in [0.4, 0.5) is 0 Å². The molecule has 1 rings (SSSR count). The molecule has 5 heteroatoms. The zero-order valence-electron chi connectivity index (χ0n) is 9.21. The average Bonchev–Trinajstić information content (AvgIpc) is 2.28. The lowest BCUT2D eigenvalue weighted by atomic mass is 10.1. The lowest BCUT2D eigenvalue weighted by molar-refractivity contribution is 0.587. The van der Waals surface area contributed by atoms with Crippen LogP contribution in [0.3, 0.4) is 0 Å². The molecule has 0 aliphatic carbocycles. The van der Waals surface area contributed by atoms with E-state index in [0.717, 1.165) is 0 Å². The second kappa shape index (κ2) is 4.64. The van der Waals surface area contributed by atoms with Gasteiger partial charge in [-0.2, -0.15) is 5.26 Å². The van der Waals surface area contributed by atoms with Crippen LogP contribution in [0.15, 0.2) is 29.2 Å². The molecule has 4 nitrogen and oxygen atoms in total. The van der Waals surface area contributed by atoms with E-state index < -0.39 is 21.1 Å². The van der Waals surface area contributed by atoms with E-state index in [1.807, 2.05) is 6.07 Å². The maximum atomic E-state index is 11.8. The van der Waals surface area contributed by atoms with Crippen LogP contribution in [-0.2, 0) is 9.84 Å². The van der Waals surface area contributed by atoms with Gasteiger partial charge in [-0.1, -0.05) is 12.1 Å². The van der Waals surface area contributed by atoms with Gasteiger partial charge in [0.1, 0.15) is 6.04 Å². The Morgan fingerprint density at radius 2 is 1.75 bits per heavy atom. The molecule has 2 N–H and O–H groups in total. The minimum absolute atomic E-state index is 0.261. The summed E-state index contributed by atoms with van der Waals surface area (Å²) in [7, 11) is -3.25. The third kappa shape index (κ3) is 2.40. The van der Waals surface area contributed by atoms with Crippen LogP contribution < -0.4 is 5.73 Å². The zero-order chi connectivity index (χ0) is 12.3. The van der Waals surface area contributed by atoms with Crippen molar-refractivity contribution >= 4 is 9.84 Å². The fourth-order valence-electron chi connectivity index (χ4n) is 1.21. The van der Waals surface area contributed by atoms with Crippen molar-refractivity contribution in [1.82, 2.24) is 0 Å². The van der Waals surface area contributed by atoms with E-state index in [4.69, 9.17) is 11.0 Å². The molecule has 0 saturated heterocycles. The molecule has 1 aromatic rings. The van der Waals surface area contributed by atoms with Crippen LogP contribution in [0.1, 0.15) is 25.5 Å². The van der Waals surface area contributed by atoms with Crippen molar-refractivity contribution < 1.29 is 8.42 Å². The summed E-state index contributed by atoms with van der Waals surface area (Å²) in [6.07, 6.45) is 0. The van der Waals surface area contributed by atoms with Crippen molar-refractivity contribution in [2.45, 2.75) is 30.0 Å². The molecular formula is C11H14N2O2S. The Bertz CT molecular complexity index is 498. The van der Waals surface area contributed by atoms with Crippen LogP contribution in [-0.4, -0.2) is 13.7 Å². The molecule has 0 amide bonds. The van der Waals surface area contributed by atoms with E-state index >= 15 is 0 Å². The Balaban J connectivity index is 3.11. The van der Waals surface area contributed by atoms with Crippen molar-refractivity contribution in [2.75, 3.05) is 0 Å². The smallest absolute Gasteiger partial charge is 0.180 e. The molecule has 0 heterocycles. The minimum Gasteiger partial charge on any atom is -0.312 e. The first kappa shape index (κ1) is 12.7. The van der Waals surface area contributed by atoms with E-state index in [-0.39, 0.29) is 4.90 Å². The van der Waals surface area contributed by atoms with Gasteiger partial charge in [0.25, 0.3) is 0 Å². The first-order valence-corrected chi connectivity index (χ1v) is 6.43. The number of hydrogen-bond donors (Lipinski definition) is 1. The topological polar surface area (TPSA) is 83.9 Å². The predicted molar refractivity (Wildman–Crippen MR) is 61.3 cm³/mol. The molecule has 0 spiro atoms. The molecular weight excluding hydrogens is 224 g/mol. The molecule has 0 saturated carbocycles. The number of nitriles is 1. The highest BCUT2D eigenvalue weighted by Crippen LogP contribution is 2.18. The number of benzene rings is 1. The molecule has 0 radical (unpaired) electrons. The van der Waals surface area contributed by atoms with Crippen LogP contribution in [0.2, 0.25) is 0 Å². The van der Waals surface area contributed by atoms with Crippen molar-refractivity contribution in [3.05, 3.63) is 29.8 Å². The van der Waals surface area contributed by atoms with Gasteiger partial charge in [0.15, 0.2) is 9.84 Å². The van der Waals surface area contributed by atoms with Gasteiger partial charge >= 0.3 is 0 Å². The molecule has 16 heavy (non-hydrogen) atoms. The van der Waals surface area contributed by atoms with Gasteiger partial charge in [-0.05, 0) is 31.5 Å². The maximum Gasteiger partial charge on any atom is 0.180 e. The SMILES string of the molecule is CC(C)S(=O)(=O)c1ccc(C(N)C#N)cc1. The van der Waals surface area contributed by atoms with Gasteiger partial charge in [-0.3, -0.25) is 0 Å². The Hall–Kier alpha value is -1.38. The maximum absolute atomic E-state index is 11.8. The summed E-state index contributed by atoms with van der Waals surface area (Å²) in [4.78, 5) is 0.261. The molecule has 0 aliphatic heterocycles. The number of nitrogens with zero attached hydrogens (tertiary/aromatic N) is 1. The summed E-state index contributed by atoms with van der Waals surface area (Å²) < 4.78 is 23.6. The first-order valence-electron chi connectivity index (χ1n) is 4.88. The highest BCUT2D eigenvalue weighted by Gasteiger charge is 2.19. The Kier molecular flexibility index (Phi) is 3.68. The third-order valence-electron chi connectivity index (χ3n) is 2.33. The van der Waals surface area contributed by atoms with E-state index in [0.29, 0.717) is 5.56 Å². The normalized spacial score (nSPS) is 13.4.